The summed E-state index contributed by atoms with van der Waals surface area (Å²) in [5, 5.41) is 6.81. The Morgan fingerprint density at radius 2 is 1.62 bits per heavy atom. The number of aromatic nitrogens is 2. The Labute approximate surface area is 196 Å². The van der Waals surface area contributed by atoms with Gasteiger partial charge in [-0.25, -0.2) is 0 Å². The molecule has 0 unspecified atom stereocenters. The third-order valence-electron chi connectivity index (χ3n) is 4.91. The molecule has 0 saturated carbocycles. The molecule has 0 atom stereocenters. The molecule has 0 aliphatic heterocycles. The van der Waals surface area contributed by atoms with Crippen molar-refractivity contribution in [2.75, 3.05) is 33.3 Å². The lowest BCUT2D eigenvalue weighted by Crippen LogP contribution is -2.20. The molecule has 0 aliphatic carbocycles. The molecule has 0 fully saturated rings. The first-order valence-corrected chi connectivity index (χ1v) is 10.3. The molecule has 1 N–H and O–H groups in total. The second kappa shape index (κ2) is 10.4. The van der Waals surface area contributed by atoms with Crippen molar-refractivity contribution in [2.24, 2.45) is 0 Å². The van der Waals surface area contributed by atoms with Gasteiger partial charge in [-0.05, 0) is 54.6 Å². The molecule has 3 aromatic carbocycles. The summed E-state index contributed by atoms with van der Waals surface area (Å²) in [6.07, 6.45) is 0. The molecule has 0 aliphatic rings. The van der Waals surface area contributed by atoms with Crippen LogP contribution in [0.3, 0.4) is 0 Å². The minimum atomic E-state index is -0.350. The Balaban J connectivity index is 1.41. The number of anilines is 1. The maximum Gasteiger partial charge on any atom is 0.262 e. The van der Waals surface area contributed by atoms with E-state index in [2.05, 4.69) is 15.5 Å². The number of hydrogen-bond acceptors (Lipinski definition) is 8. The van der Waals surface area contributed by atoms with Crippen molar-refractivity contribution in [3.63, 3.8) is 0 Å². The van der Waals surface area contributed by atoms with Gasteiger partial charge in [-0.1, -0.05) is 11.2 Å². The van der Waals surface area contributed by atoms with Gasteiger partial charge in [0.1, 0.15) is 23.0 Å². The highest BCUT2D eigenvalue weighted by molar-refractivity contribution is 5.93. The number of rotatable bonds is 9. The van der Waals surface area contributed by atoms with Gasteiger partial charge in [0.05, 0.1) is 27.0 Å². The molecule has 0 saturated heterocycles. The fraction of sp³-hybridized carbons (Fsp3) is 0.160. The fourth-order valence-electron chi connectivity index (χ4n) is 3.16. The van der Waals surface area contributed by atoms with E-state index in [1.165, 1.54) is 7.11 Å². The Bertz CT molecular complexity index is 1270. The zero-order valence-corrected chi connectivity index (χ0v) is 18.9. The molecule has 1 amide bonds. The second-order valence-electron chi connectivity index (χ2n) is 7.08. The van der Waals surface area contributed by atoms with Crippen LogP contribution in [-0.2, 0) is 4.79 Å². The van der Waals surface area contributed by atoms with Crippen LogP contribution in [-0.4, -0.2) is 44.0 Å². The predicted octanol–water partition coefficient (Wildman–Crippen LogP) is 4.45. The van der Waals surface area contributed by atoms with Crippen LogP contribution in [0.1, 0.15) is 0 Å². The number of methoxy groups -OCH3 is 3. The quantitative estimate of drug-likeness (QED) is 0.390. The molecule has 0 radical (unpaired) electrons. The highest BCUT2D eigenvalue weighted by Crippen LogP contribution is 2.29. The monoisotopic (exact) mass is 461 g/mol. The van der Waals surface area contributed by atoms with Crippen molar-refractivity contribution in [1.29, 1.82) is 0 Å². The van der Waals surface area contributed by atoms with Crippen molar-refractivity contribution < 1.29 is 28.3 Å². The third kappa shape index (κ3) is 5.26. The first kappa shape index (κ1) is 22.7. The topological polar surface area (TPSA) is 105 Å². The Morgan fingerprint density at radius 3 is 2.35 bits per heavy atom. The molecule has 0 spiro atoms. The number of nitrogens with one attached hydrogen (secondary N) is 1. The number of carbonyl (C=O) groups is 1. The normalized spacial score (nSPS) is 10.4. The van der Waals surface area contributed by atoms with Gasteiger partial charge in [0, 0.05) is 17.2 Å². The zero-order chi connectivity index (χ0) is 23.9. The third-order valence-corrected chi connectivity index (χ3v) is 4.91. The number of benzene rings is 3. The summed E-state index contributed by atoms with van der Waals surface area (Å²) in [5.41, 5.74) is 1.95. The molecule has 9 nitrogen and oxygen atoms in total. The predicted molar refractivity (Wildman–Crippen MR) is 125 cm³/mol. The van der Waals surface area contributed by atoms with Crippen LogP contribution in [0.4, 0.5) is 5.69 Å². The maximum atomic E-state index is 12.4. The highest BCUT2D eigenvalue weighted by atomic mass is 16.5. The Hall–Kier alpha value is -4.53. The average molecular weight is 461 g/mol. The maximum absolute atomic E-state index is 12.4. The smallest absolute Gasteiger partial charge is 0.262 e. The van der Waals surface area contributed by atoms with Gasteiger partial charge in [-0.2, -0.15) is 4.98 Å². The standard InChI is InChI=1S/C25H23N3O6/c1-30-18-9-7-16(8-10-18)24-27-25(34-28-24)17-5-4-6-20(13-17)33-15-23(29)26-21-14-19(31-2)11-12-22(21)32-3/h4-14H,15H2,1-3H3,(H,26,29). The van der Waals surface area contributed by atoms with Crippen molar-refractivity contribution in [1.82, 2.24) is 10.1 Å². The van der Waals surface area contributed by atoms with Gasteiger partial charge >= 0.3 is 0 Å². The molecule has 174 valence electrons. The minimum Gasteiger partial charge on any atom is -0.497 e. The van der Waals surface area contributed by atoms with E-state index in [1.807, 2.05) is 30.3 Å². The van der Waals surface area contributed by atoms with Crippen LogP contribution in [0.15, 0.2) is 71.3 Å². The van der Waals surface area contributed by atoms with Gasteiger partial charge in [0.2, 0.25) is 5.82 Å². The number of amides is 1. The molecular weight excluding hydrogens is 438 g/mol. The van der Waals surface area contributed by atoms with Gasteiger partial charge in [0.15, 0.2) is 6.61 Å². The summed E-state index contributed by atoms with van der Waals surface area (Å²) in [7, 11) is 4.68. The number of hydrogen-bond donors (Lipinski definition) is 1. The van der Waals surface area contributed by atoms with E-state index in [4.69, 9.17) is 23.5 Å². The largest absolute Gasteiger partial charge is 0.497 e. The fourth-order valence-corrected chi connectivity index (χ4v) is 3.16. The van der Waals surface area contributed by atoms with E-state index in [1.54, 1.807) is 50.6 Å². The summed E-state index contributed by atoms with van der Waals surface area (Å²) in [5.74, 6) is 2.77. The minimum absolute atomic E-state index is 0.204. The molecule has 4 rings (SSSR count). The Kier molecular flexibility index (Phi) is 6.92. The van der Waals surface area contributed by atoms with Gasteiger partial charge in [-0.3, -0.25) is 4.79 Å². The van der Waals surface area contributed by atoms with E-state index < -0.39 is 0 Å². The molecular formula is C25H23N3O6. The SMILES string of the molecule is COc1ccc(-c2noc(-c3cccc(OCC(=O)Nc4cc(OC)ccc4OC)c3)n2)cc1. The van der Waals surface area contributed by atoms with Gasteiger partial charge < -0.3 is 28.8 Å². The van der Waals surface area contributed by atoms with Crippen LogP contribution in [0, 0.1) is 0 Å². The van der Waals surface area contributed by atoms with Crippen LogP contribution < -0.4 is 24.3 Å². The van der Waals surface area contributed by atoms with E-state index >= 15 is 0 Å². The molecule has 1 heterocycles. The van der Waals surface area contributed by atoms with Crippen LogP contribution in [0.2, 0.25) is 0 Å². The van der Waals surface area contributed by atoms with Crippen LogP contribution in [0.25, 0.3) is 22.8 Å². The summed E-state index contributed by atoms with van der Waals surface area (Å²) >= 11 is 0. The van der Waals surface area contributed by atoms with Crippen molar-refractivity contribution in [3.05, 3.63) is 66.7 Å². The summed E-state index contributed by atoms with van der Waals surface area (Å²) < 4.78 is 26.7. The first-order chi connectivity index (χ1) is 16.6. The van der Waals surface area contributed by atoms with Crippen molar-refractivity contribution >= 4 is 11.6 Å². The number of nitrogens with zero attached hydrogens (tertiary/aromatic N) is 2. The molecule has 1 aromatic heterocycles. The number of carbonyl (C=O) groups excluding carboxylic acids is 1. The Morgan fingerprint density at radius 1 is 0.853 bits per heavy atom. The highest BCUT2D eigenvalue weighted by Gasteiger charge is 2.13. The molecule has 4 aromatic rings. The number of ether oxygens (including phenoxy) is 4. The summed E-state index contributed by atoms with van der Waals surface area (Å²) in [6.45, 7) is -0.204. The first-order valence-electron chi connectivity index (χ1n) is 10.3. The lowest BCUT2D eigenvalue weighted by Gasteiger charge is -2.12. The van der Waals surface area contributed by atoms with Crippen molar-refractivity contribution in [2.45, 2.75) is 0 Å². The summed E-state index contributed by atoms with van der Waals surface area (Å²) in [6, 6.07) is 19.5. The molecule has 34 heavy (non-hydrogen) atoms. The van der Waals surface area contributed by atoms with E-state index in [0.29, 0.717) is 40.2 Å². The zero-order valence-electron chi connectivity index (χ0n) is 18.9. The lowest BCUT2D eigenvalue weighted by atomic mass is 10.2. The summed E-state index contributed by atoms with van der Waals surface area (Å²) in [4.78, 5) is 16.9. The van der Waals surface area contributed by atoms with E-state index in [9.17, 15) is 4.79 Å². The van der Waals surface area contributed by atoms with Gasteiger partial charge in [-0.15, -0.1) is 0 Å². The van der Waals surface area contributed by atoms with Crippen molar-refractivity contribution in [3.8, 4) is 45.8 Å². The average Bonchev–Trinajstić information content (AvgIpc) is 3.38. The second-order valence-corrected chi connectivity index (χ2v) is 7.08. The van der Waals surface area contributed by atoms with Gasteiger partial charge in [0.25, 0.3) is 11.8 Å². The van der Waals surface area contributed by atoms with Crippen LogP contribution >= 0.6 is 0 Å². The molecule has 9 heteroatoms. The lowest BCUT2D eigenvalue weighted by molar-refractivity contribution is -0.118. The van der Waals surface area contributed by atoms with E-state index in [-0.39, 0.29) is 12.5 Å². The van der Waals surface area contributed by atoms with Crippen LogP contribution in [0.5, 0.6) is 23.0 Å². The molecule has 0 bridgehead atoms. The van der Waals surface area contributed by atoms with E-state index in [0.717, 1.165) is 11.3 Å².